The van der Waals surface area contributed by atoms with Gasteiger partial charge in [-0.05, 0) is 24.3 Å². The van der Waals surface area contributed by atoms with Crippen LogP contribution in [-0.4, -0.2) is 37.6 Å². The molecule has 29 heavy (non-hydrogen) atoms. The molecule has 0 aliphatic heterocycles. The first-order chi connectivity index (χ1) is 13.9. The summed E-state index contributed by atoms with van der Waals surface area (Å²) >= 11 is 0. The second-order valence-corrected chi connectivity index (χ2v) is 6.83. The lowest BCUT2D eigenvalue weighted by Crippen LogP contribution is -2.34. The molecule has 2 aliphatic carbocycles. The molecule has 0 radical (unpaired) electrons. The van der Waals surface area contributed by atoms with Crippen LogP contribution in [-0.2, 0) is 20.7 Å². The summed E-state index contributed by atoms with van der Waals surface area (Å²) in [5, 5.41) is 10.1. The zero-order valence-corrected chi connectivity index (χ0v) is 15.4. The first-order valence-electron chi connectivity index (χ1n) is 9.11. The maximum absolute atomic E-state index is 14.5. The van der Waals surface area contributed by atoms with E-state index in [4.69, 9.17) is 10.1 Å². The Hall–Kier alpha value is -2.84. The van der Waals surface area contributed by atoms with Crippen LogP contribution in [0.2, 0.25) is 0 Å². The average Bonchev–Trinajstić information content (AvgIpc) is 3.51. The molecule has 2 N–H and O–H groups in total. The van der Waals surface area contributed by atoms with Crippen LogP contribution in [0.5, 0.6) is 0 Å². The predicted molar refractivity (Wildman–Crippen MR) is 96.7 cm³/mol. The highest BCUT2D eigenvalue weighted by atomic mass is 19.3. The molecular formula is C20H20F4N2O3. The Kier molecular flexibility index (Phi) is 6.56. The van der Waals surface area contributed by atoms with Gasteiger partial charge in [0, 0.05) is 6.54 Å². The van der Waals surface area contributed by atoms with Crippen molar-refractivity contribution in [3.8, 4) is 0 Å². The van der Waals surface area contributed by atoms with Crippen molar-refractivity contribution in [2.45, 2.75) is 32.0 Å². The SMILES string of the molecule is N=C1C(OCC2CC2)=C(OC(F)F)C(CNC(=O)Cc2ccccc2)=C(F)C1F. The number of carbonyl (C=O) groups is 1. The minimum atomic E-state index is -3.34. The normalized spacial score (nSPS) is 19.6. The number of hydrogen-bond acceptors (Lipinski definition) is 4. The van der Waals surface area contributed by atoms with E-state index in [-0.39, 0.29) is 18.9 Å². The topological polar surface area (TPSA) is 71.4 Å². The van der Waals surface area contributed by atoms with Crippen molar-refractivity contribution in [2.24, 2.45) is 5.92 Å². The molecule has 5 nitrogen and oxygen atoms in total. The molecule has 2 aliphatic rings. The van der Waals surface area contributed by atoms with E-state index in [1.54, 1.807) is 30.3 Å². The van der Waals surface area contributed by atoms with E-state index in [0.717, 1.165) is 12.8 Å². The zero-order chi connectivity index (χ0) is 21.0. The molecule has 1 aromatic rings. The van der Waals surface area contributed by atoms with Crippen molar-refractivity contribution in [1.82, 2.24) is 5.32 Å². The van der Waals surface area contributed by atoms with Crippen LogP contribution in [0, 0.1) is 11.3 Å². The third-order valence-corrected chi connectivity index (χ3v) is 4.53. The van der Waals surface area contributed by atoms with Crippen molar-refractivity contribution in [1.29, 1.82) is 5.41 Å². The molecule has 1 amide bonds. The standard InChI is InChI=1S/C20H20F4N2O3/c21-15-13(9-26-14(27)8-11-4-2-1-3-5-11)18(29-20(23)24)19(17(25)16(15)22)28-10-12-6-7-12/h1-5,12,16,20,25H,6-10H2,(H,26,27). The third-order valence-electron chi connectivity index (χ3n) is 4.53. The molecule has 0 saturated heterocycles. The van der Waals surface area contributed by atoms with Gasteiger partial charge in [-0.15, -0.1) is 0 Å². The monoisotopic (exact) mass is 412 g/mol. The highest BCUT2D eigenvalue weighted by molar-refractivity contribution is 6.03. The second kappa shape index (κ2) is 9.11. The Bertz CT molecular complexity index is 835. The quantitative estimate of drug-likeness (QED) is 0.606. The van der Waals surface area contributed by atoms with Crippen LogP contribution in [0.1, 0.15) is 18.4 Å². The van der Waals surface area contributed by atoms with Gasteiger partial charge in [-0.1, -0.05) is 30.3 Å². The Morgan fingerprint density at radius 2 is 1.90 bits per heavy atom. The minimum Gasteiger partial charge on any atom is -0.487 e. The van der Waals surface area contributed by atoms with Gasteiger partial charge in [0.05, 0.1) is 18.6 Å². The lowest BCUT2D eigenvalue weighted by molar-refractivity contribution is -0.120. The largest absolute Gasteiger partial charge is 0.487 e. The van der Waals surface area contributed by atoms with Gasteiger partial charge in [-0.3, -0.25) is 10.2 Å². The smallest absolute Gasteiger partial charge is 0.387 e. The summed E-state index contributed by atoms with van der Waals surface area (Å²) in [4.78, 5) is 12.1. The van der Waals surface area contributed by atoms with Gasteiger partial charge in [0.1, 0.15) is 11.5 Å². The Morgan fingerprint density at radius 3 is 2.52 bits per heavy atom. The Morgan fingerprint density at radius 1 is 1.21 bits per heavy atom. The molecular weight excluding hydrogens is 392 g/mol. The molecule has 9 heteroatoms. The maximum Gasteiger partial charge on any atom is 0.387 e. The molecule has 0 heterocycles. The molecule has 1 aromatic carbocycles. The summed E-state index contributed by atoms with van der Waals surface area (Å²) in [5.74, 6) is -3.09. The van der Waals surface area contributed by atoms with Crippen LogP contribution in [0.15, 0.2) is 53.3 Å². The number of hydrogen-bond donors (Lipinski definition) is 2. The van der Waals surface area contributed by atoms with E-state index in [1.165, 1.54) is 0 Å². The van der Waals surface area contributed by atoms with Crippen molar-refractivity contribution in [2.75, 3.05) is 13.2 Å². The third kappa shape index (κ3) is 5.36. The van der Waals surface area contributed by atoms with E-state index in [9.17, 15) is 22.4 Å². The Balaban J connectivity index is 1.78. The number of carbonyl (C=O) groups excluding carboxylic acids is 1. The number of allylic oxidation sites excluding steroid dienone is 2. The van der Waals surface area contributed by atoms with Gasteiger partial charge in [-0.2, -0.15) is 8.78 Å². The number of amides is 1. The van der Waals surface area contributed by atoms with E-state index >= 15 is 0 Å². The number of rotatable bonds is 9. The van der Waals surface area contributed by atoms with Gasteiger partial charge in [0.25, 0.3) is 0 Å². The van der Waals surface area contributed by atoms with Crippen LogP contribution < -0.4 is 5.32 Å². The van der Waals surface area contributed by atoms with Crippen molar-refractivity contribution < 1.29 is 31.8 Å². The summed E-state index contributed by atoms with van der Waals surface area (Å²) in [6.45, 7) is -3.82. The van der Waals surface area contributed by atoms with Crippen LogP contribution in [0.25, 0.3) is 0 Å². The Labute approximate surface area is 164 Å². The minimum absolute atomic E-state index is 0.0234. The van der Waals surface area contributed by atoms with Crippen LogP contribution in [0.4, 0.5) is 17.6 Å². The predicted octanol–water partition coefficient (Wildman–Crippen LogP) is 3.82. The second-order valence-electron chi connectivity index (χ2n) is 6.83. The van der Waals surface area contributed by atoms with Crippen molar-refractivity contribution in [3.63, 3.8) is 0 Å². The summed E-state index contributed by atoms with van der Waals surface area (Å²) < 4.78 is 64.2. The fourth-order valence-electron chi connectivity index (χ4n) is 2.80. The number of halogens is 4. The molecule has 0 spiro atoms. The van der Waals surface area contributed by atoms with Crippen LogP contribution >= 0.6 is 0 Å². The number of ether oxygens (including phenoxy) is 2. The van der Waals surface area contributed by atoms with Crippen molar-refractivity contribution in [3.05, 3.63) is 58.8 Å². The molecule has 1 fully saturated rings. The van der Waals surface area contributed by atoms with Gasteiger partial charge in [0.2, 0.25) is 5.91 Å². The highest BCUT2D eigenvalue weighted by Gasteiger charge is 2.39. The van der Waals surface area contributed by atoms with E-state index < -0.39 is 53.9 Å². The fraction of sp³-hybridized carbons (Fsp3) is 0.400. The first-order valence-corrected chi connectivity index (χ1v) is 9.11. The zero-order valence-electron chi connectivity index (χ0n) is 15.4. The molecule has 1 unspecified atom stereocenters. The molecule has 1 saturated carbocycles. The summed E-state index contributed by atoms with van der Waals surface area (Å²) in [5.41, 5.74) is -0.819. The number of nitrogens with one attached hydrogen (secondary N) is 2. The lowest BCUT2D eigenvalue weighted by Gasteiger charge is -2.26. The first kappa shape index (κ1) is 20.9. The van der Waals surface area contributed by atoms with Gasteiger partial charge in [0.15, 0.2) is 17.7 Å². The lowest BCUT2D eigenvalue weighted by atomic mass is 9.98. The fourth-order valence-corrected chi connectivity index (χ4v) is 2.80. The summed E-state index contributed by atoms with van der Waals surface area (Å²) in [7, 11) is 0. The van der Waals surface area contributed by atoms with Crippen molar-refractivity contribution >= 4 is 11.6 Å². The number of benzene rings is 1. The van der Waals surface area contributed by atoms with E-state index in [1.807, 2.05) is 0 Å². The van der Waals surface area contributed by atoms with Gasteiger partial charge >= 0.3 is 6.61 Å². The molecule has 1 atom stereocenters. The summed E-state index contributed by atoms with van der Waals surface area (Å²) in [6, 6.07) is 8.70. The molecule has 156 valence electrons. The van der Waals surface area contributed by atoms with Gasteiger partial charge in [-0.25, -0.2) is 8.78 Å². The highest BCUT2D eigenvalue weighted by Crippen LogP contribution is 2.36. The molecule has 0 aromatic heterocycles. The van der Waals surface area contributed by atoms with Gasteiger partial charge < -0.3 is 14.8 Å². The average molecular weight is 412 g/mol. The summed E-state index contributed by atoms with van der Waals surface area (Å²) in [6.07, 6.45) is -0.755. The molecule has 0 bridgehead atoms. The van der Waals surface area contributed by atoms with Crippen LogP contribution in [0.3, 0.4) is 0 Å². The number of alkyl halides is 3. The van der Waals surface area contributed by atoms with E-state index in [2.05, 4.69) is 10.1 Å². The maximum atomic E-state index is 14.5. The van der Waals surface area contributed by atoms with E-state index in [0.29, 0.717) is 5.56 Å². The molecule has 3 rings (SSSR count).